The maximum Gasteiger partial charge on any atom is 0.129 e. The third-order valence-corrected chi connectivity index (χ3v) is 1.22. The second kappa shape index (κ2) is 2.60. The molecule has 0 radical (unpaired) electrons. The zero-order valence-electron chi connectivity index (χ0n) is 6.92. The van der Waals surface area contributed by atoms with E-state index < -0.39 is 0 Å². The summed E-state index contributed by atoms with van der Waals surface area (Å²) in [5.41, 5.74) is -0.134. The first-order valence-corrected chi connectivity index (χ1v) is 3.79. The van der Waals surface area contributed by atoms with Gasteiger partial charge in [0.1, 0.15) is 5.60 Å². The Kier molecular flexibility index (Phi) is 1.97. The molecule has 0 spiro atoms. The van der Waals surface area contributed by atoms with Crippen LogP contribution >= 0.6 is 0 Å². The lowest BCUT2D eigenvalue weighted by Gasteiger charge is -2.14. The van der Waals surface area contributed by atoms with Crippen molar-refractivity contribution in [1.29, 1.82) is 0 Å². The Hall–Kier alpha value is -0.530. The lowest BCUT2D eigenvalue weighted by atomic mass is 10.2. The van der Waals surface area contributed by atoms with E-state index in [0.29, 0.717) is 5.92 Å². The van der Waals surface area contributed by atoms with Crippen LogP contribution in [0.4, 0.5) is 0 Å². The first-order valence-electron chi connectivity index (χ1n) is 3.79. The minimum absolute atomic E-state index is 0.134. The molecular formula is C8H15NO. The summed E-state index contributed by atoms with van der Waals surface area (Å²) in [4.78, 5) is 5.15. The average Bonchev–Trinajstić information content (AvgIpc) is 2.45. The highest BCUT2D eigenvalue weighted by molar-refractivity contribution is 5.62. The molecule has 1 rings (SSSR count). The second-order valence-corrected chi connectivity index (χ2v) is 3.80. The van der Waals surface area contributed by atoms with Crippen LogP contribution in [0, 0.1) is 5.92 Å². The highest BCUT2D eigenvalue weighted by Crippen LogP contribution is 2.26. The van der Waals surface area contributed by atoms with Crippen molar-refractivity contribution in [2.45, 2.75) is 39.2 Å². The van der Waals surface area contributed by atoms with Gasteiger partial charge < -0.3 is 4.84 Å². The zero-order chi connectivity index (χ0) is 7.61. The molecule has 0 saturated heterocycles. The topological polar surface area (TPSA) is 21.6 Å². The molecule has 0 aromatic heterocycles. The van der Waals surface area contributed by atoms with Crippen LogP contribution in [-0.4, -0.2) is 11.8 Å². The molecule has 0 atom stereocenters. The summed E-state index contributed by atoms with van der Waals surface area (Å²) < 4.78 is 0. The van der Waals surface area contributed by atoms with Gasteiger partial charge in [-0.05, 0) is 39.5 Å². The van der Waals surface area contributed by atoms with E-state index in [-0.39, 0.29) is 5.60 Å². The molecule has 1 aliphatic rings. The van der Waals surface area contributed by atoms with E-state index >= 15 is 0 Å². The maximum absolute atomic E-state index is 5.15. The molecule has 2 heteroatoms. The molecule has 0 bridgehead atoms. The third kappa shape index (κ3) is 3.49. The summed E-state index contributed by atoms with van der Waals surface area (Å²) in [5, 5.41) is 3.88. The lowest BCUT2D eigenvalue weighted by Crippen LogP contribution is -2.15. The van der Waals surface area contributed by atoms with E-state index in [0.717, 1.165) is 0 Å². The Balaban J connectivity index is 2.13. The molecule has 1 aliphatic carbocycles. The minimum Gasteiger partial charge on any atom is -0.390 e. The molecule has 0 heterocycles. The van der Waals surface area contributed by atoms with E-state index in [1.807, 2.05) is 27.0 Å². The fourth-order valence-electron chi connectivity index (χ4n) is 0.520. The van der Waals surface area contributed by atoms with Gasteiger partial charge in [-0.2, -0.15) is 0 Å². The fourth-order valence-corrected chi connectivity index (χ4v) is 0.520. The average molecular weight is 141 g/mol. The lowest BCUT2D eigenvalue weighted by molar-refractivity contribution is 0.00147. The normalized spacial score (nSPS) is 19.9. The summed E-state index contributed by atoms with van der Waals surface area (Å²) in [6.45, 7) is 5.99. The Morgan fingerprint density at radius 1 is 1.40 bits per heavy atom. The van der Waals surface area contributed by atoms with Crippen LogP contribution < -0.4 is 0 Å². The van der Waals surface area contributed by atoms with Crippen LogP contribution in [0.5, 0.6) is 0 Å². The molecule has 0 aromatic carbocycles. The van der Waals surface area contributed by atoms with Crippen molar-refractivity contribution < 1.29 is 4.84 Å². The molecule has 0 amide bonds. The Morgan fingerprint density at radius 2 is 2.00 bits per heavy atom. The van der Waals surface area contributed by atoms with Crippen LogP contribution in [0.3, 0.4) is 0 Å². The first kappa shape index (κ1) is 7.58. The molecule has 2 nitrogen and oxygen atoms in total. The number of rotatable bonds is 2. The van der Waals surface area contributed by atoms with Gasteiger partial charge in [0.05, 0.1) is 0 Å². The molecule has 0 aliphatic heterocycles. The van der Waals surface area contributed by atoms with Crippen molar-refractivity contribution in [3.05, 3.63) is 0 Å². The summed E-state index contributed by atoms with van der Waals surface area (Å²) in [6.07, 6.45) is 4.49. The van der Waals surface area contributed by atoms with Crippen LogP contribution in [0.1, 0.15) is 33.6 Å². The van der Waals surface area contributed by atoms with E-state index in [1.54, 1.807) is 0 Å². The number of nitrogens with zero attached hydrogens (tertiary/aromatic N) is 1. The zero-order valence-corrected chi connectivity index (χ0v) is 6.92. The van der Waals surface area contributed by atoms with E-state index in [1.165, 1.54) is 12.8 Å². The molecule has 0 N–H and O–H groups in total. The largest absolute Gasteiger partial charge is 0.390 e. The molecule has 1 saturated carbocycles. The fraction of sp³-hybridized carbons (Fsp3) is 0.875. The number of hydrogen-bond acceptors (Lipinski definition) is 2. The van der Waals surface area contributed by atoms with Gasteiger partial charge in [0.2, 0.25) is 0 Å². The number of oxime groups is 1. The summed E-state index contributed by atoms with van der Waals surface area (Å²) in [6, 6.07) is 0. The van der Waals surface area contributed by atoms with Crippen molar-refractivity contribution in [3.8, 4) is 0 Å². The quantitative estimate of drug-likeness (QED) is 0.426. The van der Waals surface area contributed by atoms with Gasteiger partial charge in [0.15, 0.2) is 0 Å². The molecule has 0 unspecified atom stereocenters. The van der Waals surface area contributed by atoms with Crippen molar-refractivity contribution >= 4 is 6.21 Å². The maximum atomic E-state index is 5.15. The molecule has 10 heavy (non-hydrogen) atoms. The van der Waals surface area contributed by atoms with Gasteiger partial charge in [-0.1, -0.05) is 5.16 Å². The molecular weight excluding hydrogens is 126 g/mol. The van der Waals surface area contributed by atoms with Crippen molar-refractivity contribution in [2.75, 3.05) is 0 Å². The minimum atomic E-state index is -0.134. The summed E-state index contributed by atoms with van der Waals surface area (Å²) in [7, 11) is 0. The van der Waals surface area contributed by atoms with E-state index in [9.17, 15) is 0 Å². The van der Waals surface area contributed by atoms with Gasteiger partial charge in [-0.3, -0.25) is 0 Å². The molecule has 0 aromatic rings. The highest BCUT2D eigenvalue weighted by Gasteiger charge is 2.19. The smallest absolute Gasteiger partial charge is 0.129 e. The van der Waals surface area contributed by atoms with Gasteiger partial charge in [-0.15, -0.1) is 0 Å². The molecule has 58 valence electrons. The van der Waals surface area contributed by atoms with Crippen LogP contribution in [0.2, 0.25) is 0 Å². The van der Waals surface area contributed by atoms with Crippen LogP contribution in [0.25, 0.3) is 0 Å². The SMILES string of the molecule is CC(C)(C)ON=CC1CC1. The Labute approximate surface area is 62.3 Å². The van der Waals surface area contributed by atoms with Gasteiger partial charge in [0, 0.05) is 6.21 Å². The first-order chi connectivity index (χ1) is 4.58. The highest BCUT2D eigenvalue weighted by atomic mass is 16.6. The summed E-state index contributed by atoms with van der Waals surface area (Å²) >= 11 is 0. The molecule has 1 fully saturated rings. The van der Waals surface area contributed by atoms with Crippen molar-refractivity contribution in [1.82, 2.24) is 0 Å². The van der Waals surface area contributed by atoms with Gasteiger partial charge in [-0.25, -0.2) is 0 Å². The predicted molar refractivity (Wildman–Crippen MR) is 42.1 cm³/mol. The van der Waals surface area contributed by atoms with Crippen molar-refractivity contribution in [3.63, 3.8) is 0 Å². The van der Waals surface area contributed by atoms with Crippen LogP contribution in [-0.2, 0) is 4.84 Å². The van der Waals surface area contributed by atoms with Gasteiger partial charge >= 0.3 is 0 Å². The predicted octanol–water partition coefficient (Wildman–Crippen LogP) is 2.20. The Bertz CT molecular complexity index is 131. The second-order valence-electron chi connectivity index (χ2n) is 3.80. The Morgan fingerprint density at radius 3 is 2.40 bits per heavy atom. The standard InChI is InChI=1S/C8H15NO/c1-8(2,3)10-9-6-7-4-5-7/h6-7H,4-5H2,1-3H3. The van der Waals surface area contributed by atoms with Crippen molar-refractivity contribution in [2.24, 2.45) is 11.1 Å². The monoisotopic (exact) mass is 141 g/mol. The van der Waals surface area contributed by atoms with Crippen LogP contribution in [0.15, 0.2) is 5.16 Å². The van der Waals surface area contributed by atoms with Gasteiger partial charge in [0.25, 0.3) is 0 Å². The number of hydrogen-bond donors (Lipinski definition) is 0. The van der Waals surface area contributed by atoms with E-state index in [4.69, 9.17) is 4.84 Å². The third-order valence-electron chi connectivity index (χ3n) is 1.22. The van der Waals surface area contributed by atoms with E-state index in [2.05, 4.69) is 5.16 Å². The summed E-state index contributed by atoms with van der Waals surface area (Å²) in [5.74, 6) is 0.711.